The summed E-state index contributed by atoms with van der Waals surface area (Å²) in [4.78, 5) is 11.6. The molecule has 0 saturated heterocycles. The second-order valence-corrected chi connectivity index (χ2v) is 4.60. The highest BCUT2D eigenvalue weighted by Gasteiger charge is 2.12. The number of rotatable bonds is 3. The molecule has 0 aliphatic rings. The molecule has 2 aromatic heterocycles. The molecule has 2 rings (SSSR count). The maximum Gasteiger partial charge on any atom is 0.480 e. The van der Waals surface area contributed by atoms with Crippen molar-refractivity contribution in [1.82, 2.24) is 19.0 Å². The Balaban J connectivity index is 0.000000366. The first-order valence-electron chi connectivity index (χ1n) is 6.01. The number of methoxy groups -OCH3 is 2. The first-order valence-corrected chi connectivity index (χ1v) is 7.49. The highest BCUT2D eigenvalue weighted by Crippen LogP contribution is 2.17. The van der Waals surface area contributed by atoms with Gasteiger partial charge in [-0.2, -0.15) is 15.3 Å². The van der Waals surface area contributed by atoms with Crippen LogP contribution in [0.2, 0.25) is 0 Å². The molecule has 1 N–H and O–H groups in total. The van der Waals surface area contributed by atoms with Crippen LogP contribution in [0.25, 0.3) is 0 Å². The van der Waals surface area contributed by atoms with Crippen molar-refractivity contribution >= 4 is 34.2 Å². The fourth-order valence-electron chi connectivity index (χ4n) is 1.17. The van der Waals surface area contributed by atoms with E-state index in [2.05, 4.69) is 36.9 Å². The molecule has 0 atom stereocenters. The van der Waals surface area contributed by atoms with Crippen molar-refractivity contribution in [2.24, 2.45) is 0 Å². The zero-order valence-corrected chi connectivity index (χ0v) is 14.0. The van der Waals surface area contributed by atoms with Crippen molar-refractivity contribution in [2.45, 2.75) is 0 Å². The van der Waals surface area contributed by atoms with Gasteiger partial charge < -0.3 is 9.47 Å². The molecule has 0 saturated carbocycles. The smallest absolute Gasteiger partial charge is 0.480 e. The number of nitrogens with zero attached hydrogens (tertiary/aromatic N) is 4. The fraction of sp³-hybridized carbons (Fsp3) is 0.167. The number of thiol groups is 1. The number of anilines is 1. The molecule has 0 unspecified atom stereocenters. The van der Waals surface area contributed by atoms with E-state index in [-0.39, 0.29) is 22.9 Å². The number of aromatic nitrogens is 3. The van der Waals surface area contributed by atoms with Gasteiger partial charge in [0, 0.05) is 12.4 Å². The van der Waals surface area contributed by atoms with Crippen molar-refractivity contribution in [3.8, 4) is 11.8 Å². The molecular formula is C12H14N5O4S2+. The molecule has 11 heteroatoms. The Kier molecular flexibility index (Phi) is 8.14. The van der Waals surface area contributed by atoms with Gasteiger partial charge in [0.15, 0.2) is 0 Å². The van der Waals surface area contributed by atoms with E-state index in [1.807, 2.05) is 18.2 Å². The summed E-state index contributed by atoms with van der Waals surface area (Å²) in [6.07, 6.45) is 3.50. The van der Waals surface area contributed by atoms with E-state index in [4.69, 9.17) is 9.47 Å². The lowest BCUT2D eigenvalue weighted by molar-refractivity contribution is 0.373. The van der Waals surface area contributed by atoms with Crippen molar-refractivity contribution in [3.63, 3.8) is 0 Å². The topological polar surface area (TPSA) is 117 Å². The van der Waals surface area contributed by atoms with Gasteiger partial charge in [0.25, 0.3) is 0 Å². The van der Waals surface area contributed by atoms with Crippen molar-refractivity contribution in [1.29, 1.82) is 0 Å². The standard InChI is InChI=1S/C7H8N4O4S2.C5H5N/c1-14-4-3-5(15-2)9-6(8-4)10-7(16)11-17(12)13;1-2-4-6-5-3-1/h3H,1-2H3,(H,8,9,10,16);1-5H/p+1. The Morgan fingerprint density at radius 2 is 1.70 bits per heavy atom. The van der Waals surface area contributed by atoms with Gasteiger partial charge in [0.2, 0.25) is 11.8 Å². The number of ether oxygens (including phenoxy) is 2. The van der Waals surface area contributed by atoms with Crippen LogP contribution in [-0.4, -0.2) is 42.8 Å². The van der Waals surface area contributed by atoms with Crippen LogP contribution in [0.15, 0.2) is 36.7 Å². The number of amidine groups is 1. The average Bonchev–Trinajstić information content (AvgIpc) is 2.55. The third-order valence-corrected chi connectivity index (χ3v) is 2.73. The molecule has 9 nitrogen and oxygen atoms in total. The Labute approximate surface area is 139 Å². The molecule has 2 heterocycles. The van der Waals surface area contributed by atoms with Gasteiger partial charge in [-0.1, -0.05) is 10.1 Å². The Morgan fingerprint density at radius 1 is 1.13 bits per heavy atom. The lowest BCUT2D eigenvalue weighted by atomic mass is 10.5. The summed E-state index contributed by atoms with van der Waals surface area (Å²) >= 11 is 3.79. The largest absolute Gasteiger partial charge is 0.481 e. The number of hydrogen-bond donors (Lipinski definition) is 2. The predicted molar refractivity (Wildman–Crippen MR) is 88.0 cm³/mol. The van der Waals surface area contributed by atoms with Crippen LogP contribution < -0.4 is 18.8 Å². The van der Waals surface area contributed by atoms with E-state index in [0.29, 0.717) is 0 Å². The minimum Gasteiger partial charge on any atom is -0.481 e. The van der Waals surface area contributed by atoms with E-state index < -0.39 is 10.5 Å². The predicted octanol–water partition coefficient (Wildman–Crippen LogP) is 0.403. The molecule has 23 heavy (non-hydrogen) atoms. The second-order valence-electron chi connectivity index (χ2n) is 3.56. The maximum atomic E-state index is 10.3. The molecule has 0 bridgehead atoms. The van der Waals surface area contributed by atoms with E-state index in [1.165, 1.54) is 20.3 Å². The molecule has 0 aliphatic carbocycles. The Morgan fingerprint density at radius 3 is 2.04 bits per heavy atom. The van der Waals surface area contributed by atoms with Crippen LogP contribution in [0.3, 0.4) is 0 Å². The lowest BCUT2D eigenvalue weighted by Crippen LogP contribution is -2.11. The molecule has 122 valence electrons. The minimum atomic E-state index is -2.60. The number of hydrogen-bond acceptors (Lipinski definition) is 7. The monoisotopic (exact) mass is 356 g/mol. The van der Waals surface area contributed by atoms with E-state index in [0.717, 1.165) is 0 Å². The first-order chi connectivity index (χ1) is 11.0. The van der Waals surface area contributed by atoms with Crippen molar-refractivity contribution in [2.75, 3.05) is 19.5 Å². The summed E-state index contributed by atoms with van der Waals surface area (Å²) in [7, 11) is 0.247. The van der Waals surface area contributed by atoms with E-state index in [1.54, 1.807) is 12.4 Å². The summed E-state index contributed by atoms with van der Waals surface area (Å²) < 4.78 is 33.5. The van der Waals surface area contributed by atoms with Crippen LogP contribution in [0.1, 0.15) is 0 Å². The van der Waals surface area contributed by atoms with Gasteiger partial charge in [0.1, 0.15) is 0 Å². The quantitative estimate of drug-likeness (QED) is 0.351. The van der Waals surface area contributed by atoms with Crippen molar-refractivity contribution in [3.05, 3.63) is 36.7 Å². The Bertz CT molecular complexity index is 735. The van der Waals surface area contributed by atoms with Crippen molar-refractivity contribution < 1.29 is 17.9 Å². The highest BCUT2D eigenvalue weighted by molar-refractivity contribution is 7.97. The summed E-state index contributed by atoms with van der Waals surface area (Å²) in [6.45, 7) is 0. The molecule has 0 radical (unpaired) electrons. The molecule has 0 aromatic carbocycles. The van der Waals surface area contributed by atoms with Crippen LogP contribution >= 0.6 is 12.6 Å². The van der Waals surface area contributed by atoms with Crippen LogP contribution in [0, 0.1) is 0 Å². The van der Waals surface area contributed by atoms with Gasteiger partial charge >= 0.3 is 21.6 Å². The third kappa shape index (κ3) is 7.81. The second kappa shape index (κ2) is 10.2. The Hall–Kier alpha value is -2.62. The molecule has 0 amide bonds. The SMILES string of the molecule is COc1cc(OC)nc(NC(S)=[N+]=S(=O)=O)n1.c1ccncc1. The molecule has 0 spiro atoms. The third-order valence-electron chi connectivity index (χ3n) is 2.05. The molecule has 0 fully saturated rings. The lowest BCUT2D eigenvalue weighted by Gasteiger charge is -2.02. The number of nitrogens with one attached hydrogen (secondary N) is 1. The zero-order chi connectivity index (χ0) is 17.1. The molecular weight excluding hydrogens is 342 g/mol. The molecule has 0 aliphatic heterocycles. The van der Waals surface area contributed by atoms with Crippen LogP contribution in [-0.2, 0) is 10.5 Å². The summed E-state index contributed by atoms with van der Waals surface area (Å²) in [5.41, 5.74) is 0. The fourth-order valence-corrected chi connectivity index (χ4v) is 1.66. The first kappa shape index (κ1) is 18.4. The van der Waals surface area contributed by atoms with Gasteiger partial charge in [0.05, 0.1) is 20.3 Å². The number of pyridine rings is 1. The minimum absolute atomic E-state index is 0.0559. The van der Waals surface area contributed by atoms with Gasteiger partial charge in [-0.25, -0.2) is 0 Å². The van der Waals surface area contributed by atoms with E-state index in [9.17, 15) is 8.42 Å². The zero-order valence-electron chi connectivity index (χ0n) is 12.2. The van der Waals surface area contributed by atoms with Gasteiger partial charge in [-0.05, 0) is 24.8 Å². The summed E-state index contributed by atoms with van der Waals surface area (Å²) in [5.74, 6) is 0.563. The van der Waals surface area contributed by atoms with E-state index >= 15 is 0 Å². The summed E-state index contributed by atoms with van der Waals surface area (Å²) in [6, 6.07) is 7.18. The van der Waals surface area contributed by atoms with Crippen LogP contribution in [0.4, 0.5) is 5.95 Å². The van der Waals surface area contributed by atoms with Crippen LogP contribution in [0.5, 0.6) is 11.8 Å². The van der Waals surface area contributed by atoms with Gasteiger partial charge in [-0.15, -0.1) is 8.42 Å². The highest BCUT2D eigenvalue weighted by atomic mass is 32.2. The average molecular weight is 356 g/mol. The molecule has 2 aromatic rings. The summed E-state index contributed by atoms with van der Waals surface area (Å²) in [5, 5.41) is 2.29. The normalized spacial score (nSPS) is 8.83. The van der Waals surface area contributed by atoms with Gasteiger partial charge in [-0.3, -0.25) is 4.98 Å². The maximum absolute atomic E-state index is 10.3.